The number of piperidine rings is 1. The molecule has 0 spiro atoms. The number of nitrogens with zero attached hydrogens (tertiary/aromatic N) is 2. The Morgan fingerprint density at radius 2 is 1.89 bits per heavy atom. The van der Waals surface area contributed by atoms with Crippen LogP contribution in [0.25, 0.3) is 11.0 Å². The second-order valence-corrected chi connectivity index (χ2v) is 7.76. The van der Waals surface area contributed by atoms with Gasteiger partial charge in [0.15, 0.2) is 0 Å². The van der Waals surface area contributed by atoms with Gasteiger partial charge in [-0.1, -0.05) is 12.8 Å². The number of carbonyl (C=O) groups is 1. The Hall–Kier alpha value is -1.79. The molecule has 2 N–H and O–H groups in total. The Bertz CT molecular complexity index is 845. The van der Waals surface area contributed by atoms with Crippen LogP contribution in [-0.2, 0) is 0 Å². The summed E-state index contributed by atoms with van der Waals surface area (Å²) in [7, 11) is 1.98. The molecule has 2 fully saturated rings. The molecule has 0 bridgehead atoms. The quantitative estimate of drug-likeness (QED) is 0.840. The summed E-state index contributed by atoms with van der Waals surface area (Å²) in [5.41, 5.74) is 2.32. The first kappa shape index (κ1) is 20.0. The van der Waals surface area contributed by atoms with Crippen LogP contribution in [0.3, 0.4) is 0 Å². The Kier molecular flexibility index (Phi) is 6.27. The van der Waals surface area contributed by atoms with Gasteiger partial charge in [-0.15, -0.1) is 12.4 Å². The average molecular weight is 393 g/mol. The van der Waals surface area contributed by atoms with Gasteiger partial charge in [0.1, 0.15) is 0 Å². The van der Waals surface area contributed by atoms with Crippen molar-refractivity contribution in [3.63, 3.8) is 0 Å². The van der Waals surface area contributed by atoms with E-state index in [2.05, 4.69) is 10.3 Å². The van der Waals surface area contributed by atoms with E-state index in [4.69, 9.17) is 0 Å². The molecular formula is C20H29ClN4O2. The maximum Gasteiger partial charge on any atom is 0.326 e. The van der Waals surface area contributed by atoms with Crippen LogP contribution in [0.4, 0.5) is 0 Å². The van der Waals surface area contributed by atoms with Gasteiger partial charge in [0.05, 0.1) is 11.0 Å². The van der Waals surface area contributed by atoms with Gasteiger partial charge in [0.25, 0.3) is 5.91 Å². The van der Waals surface area contributed by atoms with Gasteiger partial charge in [-0.05, 0) is 63.4 Å². The molecule has 7 heteroatoms. The van der Waals surface area contributed by atoms with Gasteiger partial charge in [0, 0.05) is 24.7 Å². The molecule has 2 aliphatic rings. The number of H-pyrrole nitrogens is 1. The first-order chi connectivity index (χ1) is 12.7. The Labute approximate surface area is 165 Å². The SMILES string of the molecule is CNCC1CCN(C(=O)c2ccc3c(c2)[nH]c(=O)n3C2CCCC2)CC1.Cl. The van der Waals surface area contributed by atoms with Crippen LogP contribution >= 0.6 is 12.4 Å². The first-order valence-electron chi connectivity index (χ1n) is 9.85. The van der Waals surface area contributed by atoms with Crippen molar-refractivity contribution in [1.29, 1.82) is 0 Å². The summed E-state index contributed by atoms with van der Waals surface area (Å²) in [4.78, 5) is 30.2. The fourth-order valence-corrected chi connectivity index (χ4v) is 4.60. The first-order valence-corrected chi connectivity index (χ1v) is 9.85. The minimum Gasteiger partial charge on any atom is -0.339 e. The molecule has 0 unspecified atom stereocenters. The molecule has 6 nitrogen and oxygen atoms in total. The summed E-state index contributed by atoms with van der Waals surface area (Å²) in [6.45, 7) is 2.63. The van der Waals surface area contributed by atoms with Gasteiger partial charge in [-0.3, -0.25) is 9.36 Å². The minimum absolute atomic E-state index is 0. The summed E-state index contributed by atoms with van der Waals surface area (Å²) in [5.74, 6) is 0.729. The number of amides is 1. The zero-order chi connectivity index (χ0) is 18.1. The molecule has 0 atom stereocenters. The van der Waals surface area contributed by atoms with Crippen molar-refractivity contribution in [1.82, 2.24) is 19.8 Å². The van der Waals surface area contributed by atoms with E-state index in [1.165, 1.54) is 12.8 Å². The molecule has 2 heterocycles. The number of hydrogen-bond donors (Lipinski definition) is 2. The lowest BCUT2D eigenvalue weighted by atomic mass is 9.96. The van der Waals surface area contributed by atoms with E-state index in [0.717, 1.165) is 56.4 Å². The van der Waals surface area contributed by atoms with Crippen molar-refractivity contribution in [2.45, 2.75) is 44.6 Å². The molecule has 148 valence electrons. The fourth-order valence-electron chi connectivity index (χ4n) is 4.60. The number of nitrogens with one attached hydrogen (secondary N) is 2. The smallest absolute Gasteiger partial charge is 0.326 e. The number of fused-ring (bicyclic) bond motifs is 1. The second-order valence-electron chi connectivity index (χ2n) is 7.76. The van der Waals surface area contributed by atoms with Gasteiger partial charge < -0.3 is 15.2 Å². The van der Waals surface area contributed by atoms with Crippen LogP contribution in [0.15, 0.2) is 23.0 Å². The van der Waals surface area contributed by atoms with E-state index in [0.29, 0.717) is 17.5 Å². The molecule has 1 saturated carbocycles. The van der Waals surface area contributed by atoms with Crippen molar-refractivity contribution in [2.75, 3.05) is 26.7 Å². The number of rotatable bonds is 4. The highest BCUT2D eigenvalue weighted by Gasteiger charge is 2.25. The van der Waals surface area contributed by atoms with Crippen LogP contribution < -0.4 is 11.0 Å². The summed E-state index contributed by atoms with van der Waals surface area (Å²) < 4.78 is 1.89. The normalized spacial score (nSPS) is 18.8. The van der Waals surface area contributed by atoms with Crippen LogP contribution in [0.5, 0.6) is 0 Å². The zero-order valence-electron chi connectivity index (χ0n) is 15.9. The molecule has 1 amide bonds. The van der Waals surface area contributed by atoms with E-state index >= 15 is 0 Å². The molecule has 1 aliphatic carbocycles. The summed E-state index contributed by atoms with van der Waals surface area (Å²) in [6.07, 6.45) is 6.59. The molecule has 1 aromatic carbocycles. The van der Waals surface area contributed by atoms with E-state index < -0.39 is 0 Å². The van der Waals surface area contributed by atoms with Gasteiger partial charge in [-0.2, -0.15) is 0 Å². The minimum atomic E-state index is -0.0515. The zero-order valence-corrected chi connectivity index (χ0v) is 16.7. The van der Waals surface area contributed by atoms with E-state index in [9.17, 15) is 9.59 Å². The number of aromatic amines is 1. The monoisotopic (exact) mass is 392 g/mol. The molecule has 1 aromatic heterocycles. The standard InChI is InChI=1S/C20H28N4O2.ClH/c1-21-13-14-8-10-23(11-9-14)19(25)15-6-7-18-17(12-15)22-20(26)24(18)16-4-2-3-5-16;/h6-7,12,14,16,21H,2-5,8-11,13H2,1H3,(H,22,26);1H. The molecule has 2 aromatic rings. The van der Waals surface area contributed by atoms with Crippen molar-refractivity contribution in [3.8, 4) is 0 Å². The molecule has 1 aliphatic heterocycles. The van der Waals surface area contributed by atoms with Gasteiger partial charge >= 0.3 is 5.69 Å². The maximum absolute atomic E-state index is 12.9. The highest BCUT2D eigenvalue weighted by Crippen LogP contribution is 2.31. The molecular weight excluding hydrogens is 364 g/mol. The highest BCUT2D eigenvalue weighted by molar-refractivity contribution is 5.97. The summed E-state index contributed by atoms with van der Waals surface area (Å²) >= 11 is 0. The van der Waals surface area contributed by atoms with Crippen LogP contribution in [0.2, 0.25) is 0 Å². The third-order valence-corrected chi connectivity index (χ3v) is 6.05. The Morgan fingerprint density at radius 3 is 2.56 bits per heavy atom. The van der Waals surface area contributed by atoms with Crippen LogP contribution in [-0.4, -0.2) is 47.0 Å². The van der Waals surface area contributed by atoms with Gasteiger partial charge in [0.2, 0.25) is 0 Å². The summed E-state index contributed by atoms with van der Waals surface area (Å²) in [6, 6.07) is 5.96. The predicted molar refractivity (Wildman–Crippen MR) is 110 cm³/mol. The Balaban J connectivity index is 0.00000210. The third-order valence-electron chi connectivity index (χ3n) is 6.05. The van der Waals surface area contributed by atoms with E-state index in [1.807, 2.05) is 34.7 Å². The molecule has 4 rings (SSSR count). The second kappa shape index (κ2) is 8.48. The molecule has 1 saturated heterocycles. The lowest BCUT2D eigenvalue weighted by molar-refractivity contribution is 0.0691. The van der Waals surface area contributed by atoms with E-state index in [-0.39, 0.29) is 24.0 Å². The molecule has 0 radical (unpaired) electrons. The topological polar surface area (TPSA) is 70.1 Å². The number of benzene rings is 1. The number of carbonyl (C=O) groups excluding carboxylic acids is 1. The van der Waals surface area contributed by atoms with Crippen molar-refractivity contribution >= 4 is 29.3 Å². The fraction of sp³-hybridized carbons (Fsp3) is 0.600. The third kappa shape index (κ3) is 3.92. The average Bonchev–Trinajstić information content (AvgIpc) is 3.28. The van der Waals surface area contributed by atoms with Crippen molar-refractivity contribution in [3.05, 3.63) is 34.2 Å². The van der Waals surface area contributed by atoms with Gasteiger partial charge in [-0.25, -0.2) is 4.79 Å². The van der Waals surface area contributed by atoms with Crippen molar-refractivity contribution in [2.24, 2.45) is 5.92 Å². The maximum atomic E-state index is 12.9. The van der Waals surface area contributed by atoms with Crippen molar-refractivity contribution < 1.29 is 4.79 Å². The van der Waals surface area contributed by atoms with E-state index in [1.54, 1.807) is 0 Å². The number of aromatic nitrogens is 2. The number of hydrogen-bond acceptors (Lipinski definition) is 3. The highest BCUT2D eigenvalue weighted by atomic mass is 35.5. The lowest BCUT2D eigenvalue weighted by Gasteiger charge is -2.32. The van der Waals surface area contributed by atoms with Crippen LogP contribution in [0, 0.1) is 5.92 Å². The lowest BCUT2D eigenvalue weighted by Crippen LogP contribution is -2.40. The Morgan fingerprint density at radius 1 is 1.19 bits per heavy atom. The largest absolute Gasteiger partial charge is 0.339 e. The number of likely N-dealkylation sites (tertiary alicyclic amines) is 1. The predicted octanol–water partition coefficient (Wildman–Crippen LogP) is 2.94. The summed E-state index contributed by atoms with van der Waals surface area (Å²) in [5, 5.41) is 3.22. The van der Waals surface area contributed by atoms with Crippen LogP contribution in [0.1, 0.15) is 54.9 Å². The number of imidazole rings is 1. The molecule has 27 heavy (non-hydrogen) atoms. The number of halogens is 1.